The van der Waals surface area contributed by atoms with Crippen molar-refractivity contribution in [2.24, 2.45) is 5.73 Å². The summed E-state index contributed by atoms with van der Waals surface area (Å²) in [6, 6.07) is 20.2. The maximum absolute atomic E-state index is 13.2. The lowest BCUT2D eigenvalue weighted by Crippen LogP contribution is -2.49. The molecule has 0 fully saturated rings. The van der Waals surface area contributed by atoms with Gasteiger partial charge in [-0.1, -0.05) is 74.5 Å². The number of nitrogens with zero attached hydrogens (tertiary/aromatic N) is 3. The van der Waals surface area contributed by atoms with Gasteiger partial charge in [0.1, 0.15) is 6.61 Å². The second-order valence-electron chi connectivity index (χ2n) is 12.4. The van der Waals surface area contributed by atoms with Crippen molar-refractivity contribution in [3.63, 3.8) is 0 Å². The number of rotatable bonds is 19. The number of aromatic nitrogens is 2. The van der Waals surface area contributed by atoms with Crippen molar-refractivity contribution in [1.82, 2.24) is 30.8 Å². The summed E-state index contributed by atoms with van der Waals surface area (Å²) in [4.78, 5) is 37.3. The van der Waals surface area contributed by atoms with Crippen molar-refractivity contribution in [2.45, 2.75) is 83.1 Å². The monoisotopic (exact) mass is 691 g/mol. The van der Waals surface area contributed by atoms with Crippen LogP contribution in [0.5, 0.6) is 0 Å². The van der Waals surface area contributed by atoms with Crippen LogP contribution in [0, 0.1) is 0 Å². The quantitative estimate of drug-likeness (QED) is 0.0934. The number of hydrogen-bond acceptors (Lipinski definition) is 9. The smallest absolute Gasteiger partial charge is 0.407 e. The number of nitrogens with two attached hydrogens (primary N) is 1. The minimum absolute atomic E-state index is 0.0973. The fourth-order valence-corrected chi connectivity index (χ4v) is 6.69. The predicted octanol–water partition coefficient (Wildman–Crippen LogP) is 6.10. The molecule has 258 valence electrons. The number of urea groups is 1. The Morgan fingerprint density at radius 2 is 1.56 bits per heavy atom. The molecule has 0 spiro atoms. The second-order valence-corrected chi connectivity index (χ2v) is 14.2. The highest BCUT2D eigenvalue weighted by atomic mass is 32.1. The topological polar surface area (TPSA) is 134 Å². The number of hydrogen-bond donors (Lipinski definition) is 4. The number of carbonyl (C=O) groups excluding carboxylic acids is 2. The van der Waals surface area contributed by atoms with Crippen LogP contribution >= 0.6 is 22.7 Å². The van der Waals surface area contributed by atoms with Gasteiger partial charge in [0.2, 0.25) is 0 Å². The van der Waals surface area contributed by atoms with Gasteiger partial charge in [-0.15, -0.1) is 22.7 Å². The molecule has 0 aliphatic rings. The average molecular weight is 692 g/mol. The lowest BCUT2D eigenvalue weighted by Gasteiger charge is -2.27. The van der Waals surface area contributed by atoms with Gasteiger partial charge in [-0.25, -0.2) is 14.6 Å². The minimum atomic E-state index is -0.440. The Balaban J connectivity index is 1.38. The molecule has 48 heavy (non-hydrogen) atoms. The van der Waals surface area contributed by atoms with E-state index in [1.165, 1.54) is 16.9 Å². The summed E-state index contributed by atoms with van der Waals surface area (Å²) in [5, 5.41) is 13.1. The summed E-state index contributed by atoms with van der Waals surface area (Å²) in [6.45, 7) is 5.89. The number of benzene rings is 2. The van der Waals surface area contributed by atoms with Crippen molar-refractivity contribution in [2.75, 3.05) is 20.1 Å². The molecule has 3 amide bonds. The molecular formula is C36H49N7O3S2. The van der Waals surface area contributed by atoms with Crippen LogP contribution in [-0.4, -0.2) is 65.3 Å². The van der Waals surface area contributed by atoms with E-state index < -0.39 is 6.09 Å². The third kappa shape index (κ3) is 13.0. The van der Waals surface area contributed by atoms with Crippen LogP contribution in [0.2, 0.25) is 0 Å². The van der Waals surface area contributed by atoms with Crippen molar-refractivity contribution in [1.29, 1.82) is 0 Å². The third-order valence-electron chi connectivity index (χ3n) is 7.97. The summed E-state index contributed by atoms with van der Waals surface area (Å²) in [6.07, 6.45) is 4.93. The third-order valence-corrected chi connectivity index (χ3v) is 9.92. The maximum Gasteiger partial charge on any atom is 0.407 e. The van der Waals surface area contributed by atoms with Gasteiger partial charge in [-0.05, 0) is 49.8 Å². The number of amides is 3. The summed E-state index contributed by atoms with van der Waals surface area (Å²) in [5.41, 5.74) is 11.0. The molecular weight excluding hydrogens is 643 g/mol. The van der Waals surface area contributed by atoms with Crippen LogP contribution in [0.25, 0.3) is 0 Å². The average Bonchev–Trinajstić information content (AvgIpc) is 3.79. The van der Waals surface area contributed by atoms with E-state index in [1.54, 1.807) is 35.0 Å². The standard InChI is InChI=1S/C36H49N7O3S2/c1-26(2)34-40-32(24-47-34)22-43(3)35(44)41-31(16-17-37)20-39-29(18-27-10-6-4-7-11-27)14-15-30(19-28-12-8-5-9-13-28)42-36(45)46-23-33-21-38-25-48-33/h4-13,21,24-26,29-31,39H,14-20,22-23,37H2,1-3H3,(H,41,44)(H,42,45). The number of ether oxygens (including phenoxy) is 1. The zero-order valence-electron chi connectivity index (χ0n) is 28.1. The lowest BCUT2D eigenvalue weighted by molar-refractivity contribution is 0.135. The number of alkyl carbamates (subject to hydrolysis) is 1. The Kier molecular flexibility index (Phi) is 15.3. The lowest BCUT2D eigenvalue weighted by atomic mass is 9.96. The molecule has 2 aromatic heterocycles. The van der Waals surface area contributed by atoms with Crippen LogP contribution in [0.1, 0.15) is 65.7 Å². The summed E-state index contributed by atoms with van der Waals surface area (Å²) >= 11 is 3.08. The SMILES string of the molecule is CC(C)c1nc(CN(C)C(=O)NC(CCN)CNC(CCC(Cc2ccccc2)NC(=O)OCc2cncs2)Cc2ccccc2)cs1. The van der Waals surface area contributed by atoms with E-state index in [0.29, 0.717) is 38.4 Å². The van der Waals surface area contributed by atoms with Crippen LogP contribution in [0.3, 0.4) is 0 Å². The molecule has 0 radical (unpaired) electrons. The van der Waals surface area contributed by atoms with Crippen LogP contribution in [-0.2, 0) is 30.7 Å². The van der Waals surface area contributed by atoms with Gasteiger partial charge < -0.3 is 31.3 Å². The van der Waals surface area contributed by atoms with Crippen LogP contribution in [0.15, 0.2) is 77.8 Å². The zero-order chi connectivity index (χ0) is 34.1. The second kappa shape index (κ2) is 19.9. The maximum atomic E-state index is 13.2. The van der Waals surface area contributed by atoms with E-state index in [-0.39, 0.29) is 30.8 Å². The van der Waals surface area contributed by atoms with Gasteiger partial charge in [-0.3, -0.25) is 4.98 Å². The number of carbonyl (C=O) groups is 2. The highest BCUT2D eigenvalue weighted by Crippen LogP contribution is 2.20. The Bertz CT molecular complexity index is 1490. The van der Waals surface area contributed by atoms with E-state index in [4.69, 9.17) is 10.5 Å². The van der Waals surface area contributed by atoms with Gasteiger partial charge in [0.15, 0.2) is 0 Å². The molecule has 12 heteroatoms. The van der Waals surface area contributed by atoms with Gasteiger partial charge in [0.05, 0.1) is 27.6 Å². The molecule has 2 aromatic carbocycles. The Hall–Kier alpha value is -3.84. The first-order valence-corrected chi connectivity index (χ1v) is 18.3. The molecule has 10 nitrogen and oxygen atoms in total. The molecule has 0 aliphatic carbocycles. The van der Waals surface area contributed by atoms with Crippen molar-refractivity contribution >= 4 is 34.8 Å². The first-order valence-electron chi connectivity index (χ1n) is 16.6. The largest absolute Gasteiger partial charge is 0.444 e. The molecule has 3 unspecified atom stereocenters. The predicted molar refractivity (Wildman–Crippen MR) is 194 cm³/mol. The van der Waals surface area contributed by atoms with Gasteiger partial charge in [-0.2, -0.15) is 0 Å². The normalized spacial score (nSPS) is 13.1. The van der Waals surface area contributed by atoms with Crippen molar-refractivity contribution in [3.05, 3.63) is 104 Å². The fraction of sp³-hybridized carbons (Fsp3) is 0.444. The summed E-state index contributed by atoms with van der Waals surface area (Å²) < 4.78 is 5.51. The van der Waals surface area contributed by atoms with E-state index in [9.17, 15) is 9.59 Å². The molecule has 2 heterocycles. The number of nitrogens with one attached hydrogen (secondary N) is 3. The minimum Gasteiger partial charge on any atom is -0.444 e. The molecule has 4 aromatic rings. The van der Waals surface area contributed by atoms with Gasteiger partial charge in [0.25, 0.3) is 0 Å². The van der Waals surface area contributed by atoms with E-state index in [0.717, 1.165) is 40.4 Å². The fourth-order valence-electron chi connectivity index (χ4n) is 5.35. The molecule has 3 atom stereocenters. The molecule has 0 saturated heterocycles. The summed E-state index contributed by atoms with van der Waals surface area (Å²) in [5.74, 6) is 0.360. The molecule has 5 N–H and O–H groups in total. The van der Waals surface area contributed by atoms with Crippen molar-refractivity contribution < 1.29 is 14.3 Å². The van der Waals surface area contributed by atoms with Gasteiger partial charge in [0, 0.05) is 49.2 Å². The zero-order valence-corrected chi connectivity index (χ0v) is 29.8. The first kappa shape index (κ1) is 37.0. The highest BCUT2D eigenvalue weighted by molar-refractivity contribution is 7.09. The Labute approximate surface area is 292 Å². The molecule has 0 bridgehead atoms. The summed E-state index contributed by atoms with van der Waals surface area (Å²) in [7, 11) is 1.79. The van der Waals surface area contributed by atoms with Gasteiger partial charge >= 0.3 is 12.1 Å². The van der Waals surface area contributed by atoms with Crippen LogP contribution in [0.4, 0.5) is 9.59 Å². The van der Waals surface area contributed by atoms with E-state index >= 15 is 0 Å². The highest BCUT2D eigenvalue weighted by Gasteiger charge is 2.21. The van der Waals surface area contributed by atoms with Crippen molar-refractivity contribution in [3.8, 4) is 0 Å². The van der Waals surface area contributed by atoms with E-state index in [1.807, 2.05) is 41.8 Å². The Morgan fingerprint density at radius 1 is 0.896 bits per heavy atom. The molecule has 0 aliphatic heterocycles. The molecule has 0 saturated carbocycles. The Morgan fingerprint density at radius 3 is 2.17 bits per heavy atom. The number of thiazole rings is 2. The van der Waals surface area contributed by atoms with Crippen LogP contribution < -0.4 is 21.7 Å². The van der Waals surface area contributed by atoms with E-state index in [2.05, 4.69) is 64.0 Å². The first-order chi connectivity index (χ1) is 23.3. The molecule has 4 rings (SSSR count).